The molecule has 18 heavy (non-hydrogen) atoms. The third kappa shape index (κ3) is 3.18. The van der Waals surface area contributed by atoms with Crippen LogP contribution in [0.15, 0.2) is 12.4 Å². The highest BCUT2D eigenvalue weighted by atomic mass is 16.2. The smallest absolute Gasteiger partial charge is 0.274 e. The first kappa shape index (κ1) is 12.8. The molecule has 1 amide bonds. The van der Waals surface area contributed by atoms with Crippen molar-refractivity contribution in [3.05, 3.63) is 18.1 Å². The maximum Gasteiger partial charge on any atom is 0.274 e. The zero-order valence-electron chi connectivity index (χ0n) is 11.0. The van der Waals surface area contributed by atoms with Crippen molar-refractivity contribution >= 4 is 11.7 Å². The molecule has 1 aliphatic carbocycles. The Bertz CT molecular complexity index is 417. The minimum atomic E-state index is -0.00616. The van der Waals surface area contributed by atoms with Crippen LogP contribution in [-0.2, 0) is 0 Å². The summed E-state index contributed by atoms with van der Waals surface area (Å²) < 4.78 is 0. The molecule has 0 bridgehead atoms. The number of carbonyl (C=O) groups is 1. The normalized spacial score (nSPS) is 14.3. The van der Waals surface area contributed by atoms with Gasteiger partial charge in [-0.2, -0.15) is 0 Å². The molecule has 0 aliphatic heterocycles. The van der Waals surface area contributed by atoms with Gasteiger partial charge in [-0.1, -0.05) is 6.92 Å². The van der Waals surface area contributed by atoms with Gasteiger partial charge in [0, 0.05) is 20.1 Å². The molecule has 1 heterocycles. The van der Waals surface area contributed by atoms with E-state index in [1.54, 1.807) is 19.4 Å². The monoisotopic (exact) mass is 248 g/mol. The lowest BCUT2D eigenvalue weighted by Gasteiger charge is -2.21. The standard InChI is InChI=1S/C13H20N4O/c1-3-6-17(9-10-4-5-10)13(18)11-7-15-8-12(14-2)16-11/h7-8,10H,3-6,9H2,1-2H3,(H,14,16). The summed E-state index contributed by atoms with van der Waals surface area (Å²) in [6.45, 7) is 3.74. The Kier molecular flexibility index (Phi) is 4.12. The van der Waals surface area contributed by atoms with Gasteiger partial charge in [0.2, 0.25) is 0 Å². The van der Waals surface area contributed by atoms with Gasteiger partial charge in [-0.25, -0.2) is 4.98 Å². The van der Waals surface area contributed by atoms with Gasteiger partial charge in [-0.3, -0.25) is 9.78 Å². The van der Waals surface area contributed by atoms with Crippen LogP contribution in [0, 0.1) is 5.92 Å². The van der Waals surface area contributed by atoms with Gasteiger partial charge < -0.3 is 10.2 Å². The molecule has 1 aliphatic rings. The average Bonchev–Trinajstić information content (AvgIpc) is 3.21. The summed E-state index contributed by atoms with van der Waals surface area (Å²) in [5.74, 6) is 1.32. The first-order valence-corrected chi connectivity index (χ1v) is 6.53. The molecule has 0 aromatic carbocycles. The Balaban J connectivity index is 2.09. The van der Waals surface area contributed by atoms with E-state index in [-0.39, 0.29) is 5.91 Å². The number of nitrogens with one attached hydrogen (secondary N) is 1. The maximum absolute atomic E-state index is 12.4. The molecule has 5 heteroatoms. The van der Waals surface area contributed by atoms with Gasteiger partial charge in [-0.05, 0) is 25.2 Å². The van der Waals surface area contributed by atoms with Gasteiger partial charge >= 0.3 is 0 Å². The molecule has 0 unspecified atom stereocenters. The van der Waals surface area contributed by atoms with Crippen LogP contribution in [0.4, 0.5) is 5.82 Å². The number of carbonyl (C=O) groups excluding carboxylic acids is 1. The number of amides is 1. The summed E-state index contributed by atoms with van der Waals surface area (Å²) in [6, 6.07) is 0. The summed E-state index contributed by atoms with van der Waals surface area (Å²) in [5.41, 5.74) is 0.427. The topological polar surface area (TPSA) is 58.1 Å². The summed E-state index contributed by atoms with van der Waals surface area (Å²) in [6.07, 6.45) is 6.61. The van der Waals surface area contributed by atoms with E-state index in [2.05, 4.69) is 22.2 Å². The van der Waals surface area contributed by atoms with Gasteiger partial charge in [0.05, 0.1) is 12.4 Å². The summed E-state index contributed by atoms with van der Waals surface area (Å²) in [7, 11) is 1.77. The fraction of sp³-hybridized carbons (Fsp3) is 0.615. The first-order chi connectivity index (χ1) is 8.74. The molecule has 98 valence electrons. The van der Waals surface area contributed by atoms with Crippen LogP contribution in [-0.4, -0.2) is 40.9 Å². The lowest BCUT2D eigenvalue weighted by molar-refractivity contribution is 0.0741. The zero-order chi connectivity index (χ0) is 13.0. The predicted molar refractivity (Wildman–Crippen MR) is 70.5 cm³/mol. The number of aromatic nitrogens is 2. The highest BCUT2D eigenvalue weighted by Gasteiger charge is 2.27. The van der Waals surface area contributed by atoms with Crippen LogP contribution in [0.5, 0.6) is 0 Å². The summed E-state index contributed by atoms with van der Waals surface area (Å²) >= 11 is 0. The fourth-order valence-corrected chi connectivity index (χ4v) is 1.91. The number of anilines is 1. The fourth-order valence-electron chi connectivity index (χ4n) is 1.91. The van der Waals surface area contributed by atoms with Crippen molar-refractivity contribution in [2.45, 2.75) is 26.2 Å². The van der Waals surface area contributed by atoms with Crippen molar-refractivity contribution in [2.75, 3.05) is 25.5 Å². The van der Waals surface area contributed by atoms with Crippen molar-refractivity contribution in [1.82, 2.24) is 14.9 Å². The van der Waals surface area contributed by atoms with Crippen molar-refractivity contribution < 1.29 is 4.79 Å². The van der Waals surface area contributed by atoms with E-state index in [0.29, 0.717) is 17.4 Å². The van der Waals surface area contributed by atoms with Gasteiger partial charge in [0.15, 0.2) is 0 Å². The second kappa shape index (κ2) is 5.80. The Morgan fingerprint density at radius 2 is 2.28 bits per heavy atom. The second-order valence-corrected chi connectivity index (χ2v) is 4.73. The third-order valence-corrected chi connectivity index (χ3v) is 3.07. The van der Waals surface area contributed by atoms with Crippen molar-refractivity contribution in [1.29, 1.82) is 0 Å². The molecule has 0 spiro atoms. The van der Waals surface area contributed by atoms with E-state index in [9.17, 15) is 4.79 Å². The maximum atomic E-state index is 12.4. The molecule has 1 saturated carbocycles. The Hall–Kier alpha value is -1.65. The van der Waals surface area contributed by atoms with Crippen LogP contribution in [0.25, 0.3) is 0 Å². The number of hydrogen-bond donors (Lipinski definition) is 1. The van der Waals surface area contributed by atoms with Crippen LogP contribution in [0.2, 0.25) is 0 Å². The van der Waals surface area contributed by atoms with E-state index >= 15 is 0 Å². The highest BCUT2D eigenvalue weighted by Crippen LogP contribution is 2.30. The number of nitrogens with zero attached hydrogens (tertiary/aromatic N) is 3. The van der Waals surface area contributed by atoms with Gasteiger partial charge in [-0.15, -0.1) is 0 Å². The molecule has 1 N–H and O–H groups in total. The second-order valence-electron chi connectivity index (χ2n) is 4.73. The molecule has 0 saturated heterocycles. The van der Waals surface area contributed by atoms with E-state index in [1.807, 2.05) is 4.90 Å². The van der Waals surface area contributed by atoms with Gasteiger partial charge in [0.25, 0.3) is 5.91 Å². The summed E-state index contributed by atoms with van der Waals surface area (Å²) in [5, 5.41) is 2.90. The average molecular weight is 248 g/mol. The van der Waals surface area contributed by atoms with E-state index in [1.165, 1.54) is 12.8 Å². The van der Waals surface area contributed by atoms with Crippen LogP contribution in [0.1, 0.15) is 36.7 Å². The molecular weight excluding hydrogens is 228 g/mol. The Morgan fingerprint density at radius 1 is 1.50 bits per heavy atom. The molecular formula is C13H20N4O. The minimum absolute atomic E-state index is 0.00616. The zero-order valence-corrected chi connectivity index (χ0v) is 11.0. The van der Waals surface area contributed by atoms with Crippen LogP contribution < -0.4 is 5.32 Å². The van der Waals surface area contributed by atoms with Crippen LogP contribution >= 0.6 is 0 Å². The molecule has 1 fully saturated rings. The SMILES string of the molecule is CCCN(CC1CC1)C(=O)c1cncc(NC)n1. The highest BCUT2D eigenvalue weighted by molar-refractivity contribution is 5.92. The largest absolute Gasteiger partial charge is 0.372 e. The van der Waals surface area contributed by atoms with Crippen molar-refractivity contribution in [3.63, 3.8) is 0 Å². The lowest BCUT2D eigenvalue weighted by atomic mass is 10.3. The molecule has 2 rings (SSSR count). The first-order valence-electron chi connectivity index (χ1n) is 6.53. The van der Waals surface area contributed by atoms with E-state index < -0.39 is 0 Å². The Labute approximate surface area is 108 Å². The Morgan fingerprint density at radius 3 is 2.89 bits per heavy atom. The van der Waals surface area contributed by atoms with E-state index in [4.69, 9.17) is 0 Å². The predicted octanol–water partition coefficient (Wildman–Crippen LogP) is 1.78. The quantitative estimate of drug-likeness (QED) is 0.833. The van der Waals surface area contributed by atoms with Gasteiger partial charge in [0.1, 0.15) is 11.5 Å². The van der Waals surface area contributed by atoms with E-state index in [0.717, 1.165) is 19.5 Å². The number of rotatable bonds is 6. The molecule has 1 aromatic rings. The molecule has 0 atom stereocenters. The lowest BCUT2D eigenvalue weighted by Crippen LogP contribution is -2.34. The summed E-state index contributed by atoms with van der Waals surface area (Å²) in [4.78, 5) is 22.6. The minimum Gasteiger partial charge on any atom is -0.372 e. The van der Waals surface area contributed by atoms with Crippen molar-refractivity contribution in [2.24, 2.45) is 5.92 Å². The number of hydrogen-bond acceptors (Lipinski definition) is 4. The van der Waals surface area contributed by atoms with Crippen LogP contribution in [0.3, 0.4) is 0 Å². The molecule has 5 nitrogen and oxygen atoms in total. The molecule has 1 aromatic heterocycles. The van der Waals surface area contributed by atoms with Crippen molar-refractivity contribution in [3.8, 4) is 0 Å². The third-order valence-electron chi connectivity index (χ3n) is 3.07. The molecule has 0 radical (unpaired) electrons.